The van der Waals surface area contributed by atoms with Crippen molar-refractivity contribution in [1.29, 1.82) is 0 Å². The number of hydrogen-bond acceptors (Lipinski definition) is 2. The van der Waals surface area contributed by atoms with E-state index >= 15 is 0 Å². The molecular weight excluding hydrogens is 210 g/mol. The average molecular weight is 239 g/mol. The standard InChI is InChI=1S/C15H29NO/c1-2-17-15(13-10-4-3-5-11-13)14(16)12-8-6-7-9-12/h12-15H,2-11,16H2,1H3. The summed E-state index contributed by atoms with van der Waals surface area (Å²) < 4.78 is 6.03. The highest BCUT2D eigenvalue weighted by atomic mass is 16.5. The van der Waals surface area contributed by atoms with Crippen molar-refractivity contribution in [1.82, 2.24) is 0 Å². The minimum atomic E-state index is 0.292. The Bertz CT molecular complexity index is 207. The maximum Gasteiger partial charge on any atom is 0.0756 e. The first-order chi connectivity index (χ1) is 8.33. The third kappa shape index (κ3) is 3.45. The first-order valence-electron chi connectivity index (χ1n) is 7.70. The van der Waals surface area contributed by atoms with Crippen molar-refractivity contribution >= 4 is 0 Å². The van der Waals surface area contributed by atoms with Gasteiger partial charge in [-0.15, -0.1) is 0 Å². The van der Waals surface area contributed by atoms with Gasteiger partial charge in [0.1, 0.15) is 0 Å². The van der Waals surface area contributed by atoms with Crippen molar-refractivity contribution in [3.63, 3.8) is 0 Å². The molecule has 17 heavy (non-hydrogen) atoms. The van der Waals surface area contributed by atoms with Gasteiger partial charge in [-0.25, -0.2) is 0 Å². The van der Waals surface area contributed by atoms with Crippen LogP contribution in [0.3, 0.4) is 0 Å². The highest BCUT2D eigenvalue weighted by Crippen LogP contribution is 2.35. The number of ether oxygens (including phenoxy) is 1. The smallest absolute Gasteiger partial charge is 0.0756 e. The number of rotatable bonds is 5. The second-order valence-electron chi connectivity index (χ2n) is 5.94. The molecule has 0 aromatic carbocycles. The second kappa shape index (κ2) is 6.75. The highest BCUT2D eigenvalue weighted by molar-refractivity contribution is 4.89. The molecule has 0 heterocycles. The zero-order valence-corrected chi connectivity index (χ0v) is 11.4. The van der Waals surface area contributed by atoms with Crippen molar-refractivity contribution in [2.45, 2.75) is 76.9 Å². The summed E-state index contributed by atoms with van der Waals surface area (Å²) in [5, 5.41) is 0. The van der Waals surface area contributed by atoms with Gasteiger partial charge in [0, 0.05) is 12.6 Å². The zero-order chi connectivity index (χ0) is 12.1. The first-order valence-corrected chi connectivity index (χ1v) is 7.70. The Kier molecular flexibility index (Phi) is 5.30. The Hall–Kier alpha value is -0.0800. The van der Waals surface area contributed by atoms with E-state index < -0.39 is 0 Å². The normalized spacial score (nSPS) is 27.2. The van der Waals surface area contributed by atoms with Gasteiger partial charge in [0.25, 0.3) is 0 Å². The molecule has 2 nitrogen and oxygen atoms in total. The van der Waals surface area contributed by atoms with Crippen LogP contribution in [-0.4, -0.2) is 18.8 Å². The van der Waals surface area contributed by atoms with Crippen molar-refractivity contribution in [2.75, 3.05) is 6.61 Å². The fourth-order valence-corrected chi connectivity index (χ4v) is 3.83. The lowest BCUT2D eigenvalue weighted by molar-refractivity contribution is -0.0210. The fraction of sp³-hybridized carbons (Fsp3) is 1.00. The summed E-state index contributed by atoms with van der Waals surface area (Å²) in [6, 6.07) is 0.292. The Morgan fingerprint density at radius 2 is 1.47 bits per heavy atom. The van der Waals surface area contributed by atoms with Crippen LogP contribution in [0.15, 0.2) is 0 Å². The van der Waals surface area contributed by atoms with Gasteiger partial charge in [-0.2, -0.15) is 0 Å². The Balaban J connectivity index is 1.93. The lowest BCUT2D eigenvalue weighted by Gasteiger charge is -2.36. The molecule has 0 aromatic rings. The molecule has 2 fully saturated rings. The summed E-state index contributed by atoms with van der Waals surface area (Å²) in [6.07, 6.45) is 12.6. The largest absolute Gasteiger partial charge is 0.377 e. The van der Waals surface area contributed by atoms with Crippen molar-refractivity contribution in [2.24, 2.45) is 17.6 Å². The minimum Gasteiger partial charge on any atom is -0.377 e. The van der Waals surface area contributed by atoms with E-state index in [1.807, 2.05) is 0 Å². The van der Waals surface area contributed by atoms with Gasteiger partial charge < -0.3 is 10.5 Å². The molecule has 0 aliphatic heterocycles. The van der Waals surface area contributed by atoms with Crippen LogP contribution < -0.4 is 5.73 Å². The molecule has 2 aliphatic rings. The van der Waals surface area contributed by atoms with E-state index in [1.165, 1.54) is 57.8 Å². The van der Waals surface area contributed by atoms with Gasteiger partial charge in [-0.05, 0) is 44.4 Å². The summed E-state index contributed by atoms with van der Waals surface area (Å²) in [5.41, 5.74) is 6.52. The van der Waals surface area contributed by atoms with E-state index in [9.17, 15) is 0 Å². The third-order valence-corrected chi connectivity index (χ3v) is 4.80. The molecule has 100 valence electrons. The van der Waals surface area contributed by atoms with Crippen LogP contribution in [0.2, 0.25) is 0 Å². The Morgan fingerprint density at radius 3 is 2.06 bits per heavy atom. The van der Waals surface area contributed by atoms with E-state index in [0.717, 1.165) is 18.4 Å². The minimum absolute atomic E-state index is 0.292. The quantitative estimate of drug-likeness (QED) is 0.797. The fourth-order valence-electron chi connectivity index (χ4n) is 3.83. The van der Waals surface area contributed by atoms with Gasteiger partial charge in [-0.3, -0.25) is 0 Å². The molecule has 2 unspecified atom stereocenters. The number of nitrogens with two attached hydrogens (primary N) is 1. The lowest BCUT2D eigenvalue weighted by Crippen LogP contribution is -2.46. The first kappa shape index (κ1) is 13.4. The lowest BCUT2D eigenvalue weighted by atomic mass is 9.79. The molecule has 0 aromatic heterocycles. The van der Waals surface area contributed by atoms with E-state index in [4.69, 9.17) is 10.5 Å². The van der Waals surface area contributed by atoms with Crippen LogP contribution in [0.4, 0.5) is 0 Å². The summed E-state index contributed by atoms with van der Waals surface area (Å²) in [7, 11) is 0. The molecule has 2 atom stereocenters. The van der Waals surface area contributed by atoms with E-state index in [-0.39, 0.29) is 0 Å². The second-order valence-corrected chi connectivity index (χ2v) is 5.94. The maximum absolute atomic E-state index is 6.52. The molecule has 0 spiro atoms. The molecule has 0 bridgehead atoms. The predicted octanol–water partition coefficient (Wildman–Crippen LogP) is 3.49. The van der Waals surface area contributed by atoms with E-state index in [1.54, 1.807) is 0 Å². The summed E-state index contributed by atoms with van der Waals surface area (Å²) in [6.45, 7) is 2.93. The Labute approximate surface area is 106 Å². The molecular formula is C15H29NO. The third-order valence-electron chi connectivity index (χ3n) is 4.80. The van der Waals surface area contributed by atoms with Crippen molar-refractivity contribution in [3.8, 4) is 0 Å². The molecule has 2 rings (SSSR count). The van der Waals surface area contributed by atoms with Gasteiger partial charge in [0.05, 0.1) is 6.10 Å². The molecule has 2 aliphatic carbocycles. The predicted molar refractivity (Wildman–Crippen MR) is 71.9 cm³/mol. The van der Waals surface area contributed by atoms with Gasteiger partial charge in [0.2, 0.25) is 0 Å². The van der Waals surface area contributed by atoms with E-state index in [0.29, 0.717) is 12.1 Å². The van der Waals surface area contributed by atoms with Crippen LogP contribution >= 0.6 is 0 Å². The van der Waals surface area contributed by atoms with Crippen molar-refractivity contribution in [3.05, 3.63) is 0 Å². The monoisotopic (exact) mass is 239 g/mol. The van der Waals surface area contributed by atoms with Gasteiger partial charge in [0.15, 0.2) is 0 Å². The summed E-state index contributed by atoms with van der Waals surface area (Å²) >= 11 is 0. The topological polar surface area (TPSA) is 35.2 Å². The maximum atomic E-state index is 6.52. The van der Waals surface area contributed by atoms with E-state index in [2.05, 4.69) is 6.92 Å². The van der Waals surface area contributed by atoms with Gasteiger partial charge in [-0.1, -0.05) is 32.1 Å². The molecule has 2 N–H and O–H groups in total. The van der Waals surface area contributed by atoms with Crippen LogP contribution in [0.1, 0.15) is 64.7 Å². The molecule has 2 saturated carbocycles. The van der Waals surface area contributed by atoms with Gasteiger partial charge >= 0.3 is 0 Å². The average Bonchev–Trinajstić information content (AvgIpc) is 2.90. The van der Waals surface area contributed by atoms with Crippen LogP contribution in [-0.2, 0) is 4.74 Å². The van der Waals surface area contributed by atoms with Crippen LogP contribution in [0, 0.1) is 11.8 Å². The zero-order valence-electron chi connectivity index (χ0n) is 11.4. The Morgan fingerprint density at radius 1 is 0.941 bits per heavy atom. The van der Waals surface area contributed by atoms with Crippen molar-refractivity contribution < 1.29 is 4.74 Å². The summed E-state index contributed by atoms with van der Waals surface area (Å²) in [5.74, 6) is 1.47. The summed E-state index contributed by atoms with van der Waals surface area (Å²) in [4.78, 5) is 0. The molecule has 0 amide bonds. The number of hydrogen-bond donors (Lipinski definition) is 1. The molecule has 0 radical (unpaired) electrons. The highest BCUT2D eigenvalue weighted by Gasteiger charge is 2.34. The molecule has 0 saturated heterocycles. The molecule has 2 heteroatoms. The van der Waals surface area contributed by atoms with Crippen LogP contribution in [0.5, 0.6) is 0 Å². The SMILES string of the molecule is CCOC(C1CCCCC1)C(N)C1CCCC1. The van der Waals surface area contributed by atoms with Crippen LogP contribution in [0.25, 0.3) is 0 Å².